The molecule has 1 amide bonds. The van der Waals surface area contributed by atoms with Crippen LogP contribution in [0.1, 0.15) is 32.1 Å². The Labute approximate surface area is 126 Å². The van der Waals surface area contributed by atoms with Gasteiger partial charge in [-0.15, -0.1) is 0 Å². The quantitative estimate of drug-likeness (QED) is 0.818. The van der Waals surface area contributed by atoms with E-state index < -0.39 is 0 Å². The van der Waals surface area contributed by atoms with Crippen LogP contribution in [-0.2, 0) is 4.79 Å². The molecule has 1 aromatic carbocycles. The number of nitrogens with one attached hydrogen (secondary N) is 1. The van der Waals surface area contributed by atoms with Crippen molar-refractivity contribution in [3.05, 3.63) is 18.2 Å². The third-order valence-electron chi connectivity index (χ3n) is 3.85. The van der Waals surface area contributed by atoms with E-state index in [2.05, 4.69) is 10.2 Å². The number of amides is 1. The molecule has 1 aliphatic rings. The fourth-order valence-corrected chi connectivity index (χ4v) is 2.66. The first-order valence-electron chi connectivity index (χ1n) is 7.65. The highest BCUT2D eigenvalue weighted by atomic mass is 16.5. The molecule has 5 heteroatoms. The molecule has 0 aromatic heterocycles. The van der Waals surface area contributed by atoms with Crippen molar-refractivity contribution in [3.63, 3.8) is 0 Å². The van der Waals surface area contributed by atoms with Crippen LogP contribution in [0, 0.1) is 0 Å². The minimum atomic E-state index is 0.00291. The van der Waals surface area contributed by atoms with Gasteiger partial charge in [0, 0.05) is 18.7 Å². The minimum absolute atomic E-state index is 0.00291. The van der Waals surface area contributed by atoms with Crippen molar-refractivity contribution in [2.75, 3.05) is 37.8 Å². The number of carbonyl (C=O) groups excluding carboxylic acids is 1. The molecular weight excluding hydrogens is 266 g/mol. The summed E-state index contributed by atoms with van der Waals surface area (Å²) in [5.41, 5.74) is 7.00. The lowest BCUT2D eigenvalue weighted by molar-refractivity contribution is -0.116. The van der Waals surface area contributed by atoms with Gasteiger partial charge < -0.3 is 20.7 Å². The van der Waals surface area contributed by atoms with Gasteiger partial charge in [0.15, 0.2) is 0 Å². The van der Waals surface area contributed by atoms with Crippen LogP contribution < -0.4 is 15.8 Å². The summed E-state index contributed by atoms with van der Waals surface area (Å²) in [6.45, 7) is 3.03. The summed E-state index contributed by atoms with van der Waals surface area (Å²) in [4.78, 5) is 14.5. The van der Waals surface area contributed by atoms with Crippen molar-refractivity contribution in [1.29, 1.82) is 0 Å². The molecule has 0 radical (unpaired) electrons. The number of likely N-dealkylation sites (tertiary alicyclic amines) is 1. The van der Waals surface area contributed by atoms with Gasteiger partial charge in [-0.3, -0.25) is 4.79 Å². The van der Waals surface area contributed by atoms with E-state index in [1.807, 2.05) is 0 Å². The van der Waals surface area contributed by atoms with Crippen LogP contribution in [0.5, 0.6) is 5.75 Å². The third-order valence-corrected chi connectivity index (χ3v) is 3.85. The zero-order valence-electron chi connectivity index (χ0n) is 12.7. The lowest BCUT2D eigenvalue weighted by atomic mass is 10.2. The molecule has 5 nitrogen and oxygen atoms in total. The molecular formula is C16H25N3O2. The highest BCUT2D eigenvalue weighted by Gasteiger charge is 2.12. The third kappa shape index (κ3) is 4.93. The molecule has 1 saturated heterocycles. The average Bonchev–Trinajstić information content (AvgIpc) is 2.74. The first-order chi connectivity index (χ1) is 10.2. The molecule has 0 aliphatic carbocycles. The Morgan fingerprint density at radius 1 is 1.29 bits per heavy atom. The summed E-state index contributed by atoms with van der Waals surface area (Å²) >= 11 is 0. The molecule has 116 valence electrons. The SMILES string of the molecule is COc1ccc(N)cc1NC(=O)CCN1CCCCCC1. The second kappa shape index (κ2) is 7.88. The van der Waals surface area contributed by atoms with Crippen LogP contribution in [-0.4, -0.2) is 37.6 Å². The summed E-state index contributed by atoms with van der Waals surface area (Å²) in [7, 11) is 1.58. The van der Waals surface area contributed by atoms with Crippen molar-refractivity contribution < 1.29 is 9.53 Å². The molecule has 21 heavy (non-hydrogen) atoms. The van der Waals surface area contributed by atoms with Crippen molar-refractivity contribution in [2.24, 2.45) is 0 Å². The zero-order valence-corrected chi connectivity index (χ0v) is 12.7. The molecule has 0 atom stereocenters. The van der Waals surface area contributed by atoms with E-state index in [1.165, 1.54) is 25.7 Å². The van der Waals surface area contributed by atoms with Crippen LogP contribution >= 0.6 is 0 Å². The van der Waals surface area contributed by atoms with Gasteiger partial charge in [-0.05, 0) is 44.1 Å². The van der Waals surface area contributed by atoms with Crippen molar-refractivity contribution in [2.45, 2.75) is 32.1 Å². The Kier molecular flexibility index (Phi) is 5.87. The summed E-state index contributed by atoms with van der Waals surface area (Å²) in [6.07, 6.45) is 5.60. The predicted octanol–water partition coefficient (Wildman–Crippen LogP) is 2.48. The Morgan fingerprint density at radius 2 is 2.00 bits per heavy atom. The number of ether oxygens (including phenoxy) is 1. The Bertz CT molecular complexity index is 469. The average molecular weight is 291 g/mol. The number of hydrogen-bond donors (Lipinski definition) is 2. The number of carbonyl (C=O) groups is 1. The summed E-state index contributed by atoms with van der Waals surface area (Å²) in [5, 5.41) is 2.89. The number of nitrogens with two attached hydrogens (primary N) is 1. The topological polar surface area (TPSA) is 67.6 Å². The van der Waals surface area contributed by atoms with Gasteiger partial charge in [-0.1, -0.05) is 12.8 Å². The van der Waals surface area contributed by atoms with Crippen molar-refractivity contribution in [1.82, 2.24) is 4.90 Å². The first kappa shape index (κ1) is 15.6. The Morgan fingerprint density at radius 3 is 2.67 bits per heavy atom. The van der Waals surface area contributed by atoms with Crippen molar-refractivity contribution >= 4 is 17.3 Å². The maximum absolute atomic E-state index is 12.1. The summed E-state index contributed by atoms with van der Waals surface area (Å²) in [5.74, 6) is 0.635. The van der Waals surface area contributed by atoms with E-state index in [0.717, 1.165) is 19.6 Å². The van der Waals surface area contributed by atoms with Crippen LogP contribution in [0.15, 0.2) is 18.2 Å². The second-order valence-corrected chi connectivity index (χ2v) is 5.51. The molecule has 0 bridgehead atoms. The van der Waals surface area contributed by atoms with Gasteiger partial charge in [0.1, 0.15) is 5.75 Å². The molecule has 0 spiro atoms. The molecule has 2 rings (SSSR count). The number of hydrogen-bond acceptors (Lipinski definition) is 4. The van der Waals surface area contributed by atoms with Crippen LogP contribution in [0.2, 0.25) is 0 Å². The molecule has 1 fully saturated rings. The van der Waals surface area contributed by atoms with Gasteiger partial charge in [0.2, 0.25) is 5.91 Å². The minimum Gasteiger partial charge on any atom is -0.495 e. The van der Waals surface area contributed by atoms with E-state index in [1.54, 1.807) is 25.3 Å². The molecule has 1 heterocycles. The molecule has 0 unspecified atom stereocenters. The Hall–Kier alpha value is -1.75. The number of rotatable bonds is 5. The van der Waals surface area contributed by atoms with E-state index in [9.17, 15) is 4.79 Å². The highest BCUT2D eigenvalue weighted by molar-refractivity contribution is 5.93. The van der Waals surface area contributed by atoms with E-state index >= 15 is 0 Å². The van der Waals surface area contributed by atoms with Gasteiger partial charge in [0.05, 0.1) is 12.8 Å². The van der Waals surface area contributed by atoms with Crippen LogP contribution in [0.3, 0.4) is 0 Å². The summed E-state index contributed by atoms with van der Waals surface area (Å²) < 4.78 is 5.23. The number of anilines is 2. The number of methoxy groups -OCH3 is 1. The smallest absolute Gasteiger partial charge is 0.225 e. The van der Waals surface area contributed by atoms with Gasteiger partial charge >= 0.3 is 0 Å². The number of nitrogens with zero attached hydrogens (tertiary/aromatic N) is 1. The standard InChI is InChI=1S/C16H25N3O2/c1-21-15-7-6-13(17)12-14(15)18-16(20)8-11-19-9-4-2-3-5-10-19/h6-7,12H,2-5,8-11,17H2,1H3,(H,18,20). The van der Waals surface area contributed by atoms with E-state index in [-0.39, 0.29) is 5.91 Å². The maximum atomic E-state index is 12.1. The van der Waals surface area contributed by atoms with E-state index in [0.29, 0.717) is 23.5 Å². The van der Waals surface area contributed by atoms with E-state index in [4.69, 9.17) is 10.5 Å². The van der Waals surface area contributed by atoms with Gasteiger partial charge in [0.25, 0.3) is 0 Å². The molecule has 0 saturated carbocycles. The maximum Gasteiger partial charge on any atom is 0.225 e. The molecule has 1 aliphatic heterocycles. The largest absolute Gasteiger partial charge is 0.495 e. The monoisotopic (exact) mass is 291 g/mol. The fourth-order valence-electron chi connectivity index (χ4n) is 2.66. The molecule has 1 aromatic rings. The number of nitrogen functional groups attached to an aromatic ring is 1. The fraction of sp³-hybridized carbons (Fsp3) is 0.562. The predicted molar refractivity (Wildman–Crippen MR) is 85.6 cm³/mol. The van der Waals surface area contributed by atoms with Gasteiger partial charge in [-0.25, -0.2) is 0 Å². The summed E-state index contributed by atoms with van der Waals surface area (Å²) in [6, 6.07) is 5.24. The van der Waals surface area contributed by atoms with Crippen LogP contribution in [0.25, 0.3) is 0 Å². The zero-order chi connectivity index (χ0) is 15.1. The highest BCUT2D eigenvalue weighted by Crippen LogP contribution is 2.26. The Balaban J connectivity index is 1.85. The second-order valence-electron chi connectivity index (χ2n) is 5.51. The van der Waals surface area contributed by atoms with Gasteiger partial charge in [-0.2, -0.15) is 0 Å². The normalized spacial score (nSPS) is 16.2. The lowest BCUT2D eigenvalue weighted by Crippen LogP contribution is -2.28. The van der Waals surface area contributed by atoms with Crippen molar-refractivity contribution in [3.8, 4) is 5.75 Å². The molecule has 3 N–H and O–H groups in total. The lowest BCUT2D eigenvalue weighted by Gasteiger charge is -2.19. The van der Waals surface area contributed by atoms with Crippen LogP contribution in [0.4, 0.5) is 11.4 Å². The number of benzene rings is 1. The first-order valence-corrected chi connectivity index (χ1v) is 7.65.